The Morgan fingerprint density at radius 1 is 1.36 bits per heavy atom. The highest BCUT2D eigenvalue weighted by atomic mass is 79.9. The molecule has 0 atom stereocenters. The van der Waals surface area contributed by atoms with Crippen LogP contribution in [-0.4, -0.2) is 6.61 Å². The van der Waals surface area contributed by atoms with Gasteiger partial charge in [0.05, 0.1) is 11.1 Å². The van der Waals surface area contributed by atoms with E-state index in [0.29, 0.717) is 21.3 Å². The third kappa shape index (κ3) is 3.24. The van der Waals surface area contributed by atoms with Crippen molar-refractivity contribution < 1.29 is 9.13 Å². The molecule has 0 aliphatic rings. The predicted molar refractivity (Wildman–Crippen MR) is 62.2 cm³/mol. The maximum absolute atomic E-state index is 13.4. The first-order chi connectivity index (χ1) is 6.65. The number of unbranched alkanes of at least 4 members (excludes halogenated alkanes) is 1. The van der Waals surface area contributed by atoms with E-state index in [0.717, 1.165) is 12.8 Å². The summed E-state index contributed by atoms with van der Waals surface area (Å²) in [5, 5.41) is 0. The van der Waals surface area contributed by atoms with Crippen LogP contribution in [0.4, 0.5) is 4.39 Å². The van der Waals surface area contributed by atoms with Crippen molar-refractivity contribution in [2.45, 2.75) is 19.8 Å². The summed E-state index contributed by atoms with van der Waals surface area (Å²) in [7, 11) is 0. The fourth-order valence-corrected chi connectivity index (χ4v) is 2.27. The summed E-state index contributed by atoms with van der Waals surface area (Å²) in [4.78, 5) is 0. The molecular formula is C10H11Br2FO. The molecule has 4 heteroatoms. The van der Waals surface area contributed by atoms with Gasteiger partial charge in [-0.2, -0.15) is 0 Å². The average Bonchev–Trinajstić information content (AvgIpc) is 2.09. The van der Waals surface area contributed by atoms with Gasteiger partial charge in [-0.25, -0.2) is 4.39 Å². The van der Waals surface area contributed by atoms with Crippen LogP contribution >= 0.6 is 31.9 Å². The second-order valence-corrected chi connectivity index (χ2v) is 4.67. The normalized spacial score (nSPS) is 10.3. The number of ether oxygens (including phenoxy) is 1. The molecule has 0 aliphatic heterocycles. The number of hydrogen-bond donors (Lipinski definition) is 0. The van der Waals surface area contributed by atoms with E-state index < -0.39 is 0 Å². The zero-order valence-electron chi connectivity index (χ0n) is 7.82. The lowest BCUT2D eigenvalue weighted by Gasteiger charge is -2.08. The van der Waals surface area contributed by atoms with Gasteiger partial charge in [-0.1, -0.05) is 29.3 Å². The minimum absolute atomic E-state index is 0.293. The van der Waals surface area contributed by atoms with Crippen molar-refractivity contribution in [3.8, 4) is 5.75 Å². The third-order valence-electron chi connectivity index (χ3n) is 1.71. The summed E-state index contributed by atoms with van der Waals surface area (Å²) >= 11 is 6.46. The molecule has 0 aliphatic carbocycles. The van der Waals surface area contributed by atoms with Crippen molar-refractivity contribution in [1.82, 2.24) is 0 Å². The molecule has 1 rings (SSSR count). The molecule has 0 heterocycles. The summed E-state index contributed by atoms with van der Waals surface area (Å²) in [5.74, 6) is -0.0518. The smallest absolute Gasteiger partial charge is 0.169 e. The molecule has 1 aromatic carbocycles. The number of halogens is 3. The van der Waals surface area contributed by atoms with E-state index in [4.69, 9.17) is 4.74 Å². The first-order valence-electron chi connectivity index (χ1n) is 4.42. The number of hydrogen-bond acceptors (Lipinski definition) is 1. The molecule has 0 bridgehead atoms. The zero-order chi connectivity index (χ0) is 10.6. The van der Waals surface area contributed by atoms with Gasteiger partial charge in [-0.05, 0) is 34.5 Å². The van der Waals surface area contributed by atoms with Gasteiger partial charge in [0.25, 0.3) is 0 Å². The molecule has 78 valence electrons. The van der Waals surface area contributed by atoms with Crippen molar-refractivity contribution >= 4 is 31.9 Å². The highest BCUT2D eigenvalue weighted by molar-refractivity contribution is 9.11. The standard InChI is InChI=1S/C10H11Br2FO/c1-2-3-4-14-10-8(12)5-7(11)6-9(10)13/h5-6H,2-4H2,1H3. The Hall–Kier alpha value is -0.0900. The zero-order valence-corrected chi connectivity index (χ0v) is 11.0. The van der Waals surface area contributed by atoms with Crippen LogP contribution in [0.15, 0.2) is 21.1 Å². The van der Waals surface area contributed by atoms with Gasteiger partial charge in [-0.3, -0.25) is 0 Å². The molecule has 0 N–H and O–H groups in total. The first kappa shape index (κ1) is 12.0. The van der Waals surface area contributed by atoms with Gasteiger partial charge in [-0.15, -0.1) is 0 Å². The van der Waals surface area contributed by atoms with Gasteiger partial charge < -0.3 is 4.74 Å². The third-order valence-corrected chi connectivity index (χ3v) is 2.75. The van der Waals surface area contributed by atoms with Crippen molar-refractivity contribution in [2.75, 3.05) is 6.61 Å². The maximum Gasteiger partial charge on any atom is 0.169 e. The minimum Gasteiger partial charge on any atom is -0.489 e. The Labute approximate surface area is 99.9 Å². The molecule has 0 unspecified atom stereocenters. The van der Waals surface area contributed by atoms with Crippen LogP contribution in [0, 0.1) is 5.82 Å². The summed E-state index contributed by atoms with van der Waals surface area (Å²) in [5.41, 5.74) is 0. The fourth-order valence-electron chi connectivity index (χ4n) is 0.985. The van der Waals surface area contributed by atoms with E-state index in [1.807, 2.05) is 0 Å². The molecule has 0 fully saturated rings. The number of rotatable bonds is 4. The van der Waals surface area contributed by atoms with Crippen LogP contribution in [0.3, 0.4) is 0 Å². The van der Waals surface area contributed by atoms with Crippen molar-refractivity contribution in [1.29, 1.82) is 0 Å². The highest BCUT2D eigenvalue weighted by Crippen LogP contribution is 2.31. The van der Waals surface area contributed by atoms with E-state index in [2.05, 4.69) is 38.8 Å². The Kier molecular flexibility index (Phi) is 4.89. The highest BCUT2D eigenvalue weighted by Gasteiger charge is 2.09. The second-order valence-electron chi connectivity index (χ2n) is 2.90. The van der Waals surface area contributed by atoms with Crippen LogP contribution in [0.5, 0.6) is 5.75 Å². The Morgan fingerprint density at radius 2 is 2.07 bits per heavy atom. The summed E-state index contributed by atoms with van der Waals surface area (Å²) in [6.07, 6.45) is 1.97. The van der Waals surface area contributed by atoms with Crippen LogP contribution < -0.4 is 4.74 Å². The molecule has 0 amide bonds. The monoisotopic (exact) mass is 324 g/mol. The molecule has 1 nitrogen and oxygen atoms in total. The van der Waals surface area contributed by atoms with Crippen LogP contribution in [0.2, 0.25) is 0 Å². The van der Waals surface area contributed by atoms with Crippen LogP contribution in [0.25, 0.3) is 0 Å². The van der Waals surface area contributed by atoms with Crippen LogP contribution in [-0.2, 0) is 0 Å². The van der Waals surface area contributed by atoms with Gasteiger partial charge >= 0.3 is 0 Å². The molecular weight excluding hydrogens is 315 g/mol. The Morgan fingerprint density at radius 3 is 2.64 bits per heavy atom. The number of benzene rings is 1. The molecule has 1 aromatic rings. The lowest BCUT2D eigenvalue weighted by Crippen LogP contribution is -1.99. The van der Waals surface area contributed by atoms with E-state index >= 15 is 0 Å². The molecule has 14 heavy (non-hydrogen) atoms. The summed E-state index contributed by atoms with van der Waals surface area (Å²) < 4.78 is 20.0. The Bertz CT molecular complexity index is 292. The molecule has 0 radical (unpaired) electrons. The summed E-state index contributed by atoms with van der Waals surface area (Å²) in [6, 6.07) is 3.16. The predicted octanol–water partition coefficient (Wildman–Crippen LogP) is 4.53. The molecule has 0 aromatic heterocycles. The minimum atomic E-state index is -0.345. The van der Waals surface area contributed by atoms with E-state index in [9.17, 15) is 4.39 Å². The van der Waals surface area contributed by atoms with E-state index in [1.54, 1.807) is 6.07 Å². The summed E-state index contributed by atoms with van der Waals surface area (Å²) in [6.45, 7) is 2.62. The maximum atomic E-state index is 13.4. The Balaban J connectivity index is 2.75. The lowest BCUT2D eigenvalue weighted by atomic mass is 10.3. The SMILES string of the molecule is CCCCOc1c(F)cc(Br)cc1Br. The van der Waals surface area contributed by atoms with E-state index in [-0.39, 0.29) is 5.82 Å². The second kappa shape index (κ2) is 5.71. The van der Waals surface area contributed by atoms with Gasteiger partial charge in [0, 0.05) is 4.47 Å². The van der Waals surface area contributed by atoms with Crippen molar-refractivity contribution in [3.63, 3.8) is 0 Å². The molecule has 0 spiro atoms. The van der Waals surface area contributed by atoms with Gasteiger partial charge in [0.15, 0.2) is 11.6 Å². The topological polar surface area (TPSA) is 9.23 Å². The largest absolute Gasteiger partial charge is 0.489 e. The average molecular weight is 326 g/mol. The van der Waals surface area contributed by atoms with E-state index in [1.165, 1.54) is 6.07 Å². The lowest BCUT2D eigenvalue weighted by molar-refractivity contribution is 0.292. The van der Waals surface area contributed by atoms with Crippen molar-refractivity contribution in [2.24, 2.45) is 0 Å². The first-order valence-corrected chi connectivity index (χ1v) is 6.01. The molecule has 0 saturated carbocycles. The van der Waals surface area contributed by atoms with Gasteiger partial charge in [0.1, 0.15) is 0 Å². The van der Waals surface area contributed by atoms with Crippen molar-refractivity contribution in [3.05, 3.63) is 26.9 Å². The van der Waals surface area contributed by atoms with Crippen LogP contribution in [0.1, 0.15) is 19.8 Å². The van der Waals surface area contributed by atoms with Gasteiger partial charge in [0.2, 0.25) is 0 Å². The fraction of sp³-hybridized carbons (Fsp3) is 0.400. The quantitative estimate of drug-likeness (QED) is 0.739. The molecule has 0 saturated heterocycles.